The summed E-state index contributed by atoms with van der Waals surface area (Å²) in [6.07, 6.45) is 2.83. The molecule has 0 spiro atoms. The zero-order valence-corrected chi connectivity index (χ0v) is 12.4. The van der Waals surface area contributed by atoms with Crippen molar-refractivity contribution in [1.82, 2.24) is 4.90 Å². The van der Waals surface area contributed by atoms with Crippen molar-refractivity contribution in [2.24, 2.45) is 0 Å². The summed E-state index contributed by atoms with van der Waals surface area (Å²) in [6, 6.07) is 5.58. The van der Waals surface area contributed by atoms with E-state index in [4.69, 9.17) is 5.73 Å². The third-order valence-electron chi connectivity index (χ3n) is 3.34. The first kappa shape index (κ1) is 15.7. The van der Waals surface area contributed by atoms with Crippen LogP contribution >= 0.6 is 0 Å². The molecule has 0 atom stereocenters. The lowest BCUT2D eigenvalue weighted by Gasteiger charge is -2.20. The highest BCUT2D eigenvalue weighted by Gasteiger charge is 2.10. The molecule has 2 N–H and O–H groups in total. The molecule has 1 aromatic carbocycles. The Bertz CT molecular complexity index is 409. The van der Waals surface area contributed by atoms with Crippen molar-refractivity contribution < 1.29 is 4.79 Å². The van der Waals surface area contributed by atoms with Gasteiger partial charge >= 0.3 is 0 Å². The Balaban J connectivity index is 2.56. The highest BCUT2D eigenvalue weighted by Crippen LogP contribution is 2.14. The van der Waals surface area contributed by atoms with Gasteiger partial charge in [0.25, 0.3) is 0 Å². The van der Waals surface area contributed by atoms with E-state index in [1.54, 1.807) is 6.07 Å². The smallest absolute Gasteiger partial charge is 0.164 e. The van der Waals surface area contributed by atoms with E-state index in [0.717, 1.165) is 43.6 Å². The minimum absolute atomic E-state index is 0.184. The van der Waals surface area contributed by atoms with Crippen molar-refractivity contribution in [2.75, 3.05) is 25.4 Å². The summed E-state index contributed by atoms with van der Waals surface area (Å²) < 4.78 is 0. The van der Waals surface area contributed by atoms with Gasteiger partial charge < -0.3 is 10.6 Å². The molecule has 0 aromatic heterocycles. The van der Waals surface area contributed by atoms with Gasteiger partial charge in [-0.2, -0.15) is 0 Å². The van der Waals surface area contributed by atoms with Crippen LogP contribution in [-0.4, -0.2) is 30.3 Å². The third kappa shape index (κ3) is 5.03. The van der Waals surface area contributed by atoms with Crippen LogP contribution in [0.1, 0.15) is 49.0 Å². The SMILES string of the molecule is CCCN(CCC)CCC(=O)c1ccc(C)c(N)c1. The molecule has 3 nitrogen and oxygen atoms in total. The van der Waals surface area contributed by atoms with E-state index in [9.17, 15) is 4.79 Å². The molecule has 0 unspecified atom stereocenters. The normalized spacial score (nSPS) is 10.9. The summed E-state index contributed by atoms with van der Waals surface area (Å²) in [6.45, 7) is 9.27. The average Bonchev–Trinajstić information content (AvgIpc) is 2.39. The molecule has 1 aromatic rings. The molecule has 0 aliphatic rings. The Morgan fingerprint density at radius 2 is 1.79 bits per heavy atom. The van der Waals surface area contributed by atoms with E-state index in [0.29, 0.717) is 12.1 Å². The molecule has 1 rings (SSSR count). The number of hydrogen-bond acceptors (Lipinski definition) is 3. The van der Waals surface area contributed by atoms with Gasteiger partial charge in [0.15, 0.2) is 5.78 Å². The van der Waals surface area contributed by atoms with Crippen LogP contribution in [0, 0.1) is 6.92 Å². The van der Waals surface area contributed by atoms with Crippen molar-refractivity contribution in [2.45, 2.75) is 40.0 Å². The first-order chi connectivity index (χ1) is 9.08. The van der Waals surface area contributed by atoms with E-state index in [-0.39, 0.29) is 5.78 Å². The van der Waals surface area contributed by atoms with Gasteiger partial charge in [-0.1, -0.05) is 26.0 Å². The number of benzene rings is 1. The standard InChI is InChI=1S/C16H26N2O/c1-4-9-18(10-5-2)11-8-16(19)14-7-6-13(3)15(17)12-14/h6-7,12H,4-5,8-11,17H2,1-3H3. The summed E-state index contributed by atoms with van der Waals surface area (Å²) in [5, 5.41) is 0. The monoisotopic (exact) mass is 262 g/mol. The van der Waals surface area contributed by atoms with Gasteiger partial charge in [-0.3, -0.25) is 4.79 Å². The van der Waals surface area contributed by atoms with E-state index >= 15 is 0 Å². The summed E-state index contributed by atoms with van der Waals surface area (Å²) in [7, 11) is 0. The van der Waals surface area contributed by atoms with Crippen molar-refractivity contribution >= 4 is 11.5 Å². The average molecular weight is 262 g/mol. The highest BCUT2D eigenvalue weighted by atomic mass is 16.1. The van der Waals surface area contributed by atoms with Crippen LogP contribution in [0.3, 0.4) is 0 Å². The van der Waals surface area contributed by atoms with Gasteiger partial charge in [0.05, 0.1) is 0 Å². The number of carbonyl (C=O) groups is 1. The van der Waals surface area contributed by atoms with E-state index < -0.39 is 0 Å². The molecule has 106 valence electrons. The van der Waals surface area contributed by atoms with Crippen LogP contribution in [0.2, 0.25) is 0 Å². The lowest BCUT2D eigenvalue weighted by Crippen LogP contribution is -2.28. The van der Waals surface area contributed by atoms with E-state index in [1.165, 1.54) is 0 Å². The minimum Gasteiger partial charge on any atom is -0.398 e. The number of rotatable bonds is 8. The zero-order chi connectivity index (χ0) is 14.3. The second-order valence-electron chi connectivity index (χ2n) is 5.09. The summed E-state index contributed by atoms with van der Waals surface area (Å²) in [4.78, 5) is 14.5. The van der Waals surface area contributed by atoms with Gasteiger partial charge in [0, 0.05) is 24.2 Å². The predicted molar refractivity (Wildman–Crippen MR) is 81.6 cm³/mol. The maximum atomic E-state index is 12.1. The summed E-state index contributed by atoms with van der Waals surface area (Å²) in [5.41, 5.74) is 8.30. The Hall–Kier alpha value is -1.35. The molecular formula is C16H26N2O. The lowest BCUT2D eigenvalue weighted by atomic mass is 10.0. The molecule has 19 heavy (non-hydrogen) atoms. The fourth-order valence-electron chi connectivity index (χ4n) is 2.19. The van der Waals surface area contributed by atoms with Gasteiger partial charge in [-0.05, 0) is 44.5 Å². The highest BCUT2D eigenvalue weighted by molar-refractivity contribution is 5.97. The molecule has 0 bridgehead atoms. The molecule has 0 aliphatic carbocycles. The summed E-state index contributed by atoms with van der Waals surface area (Å²) >= 11 is 0. The van der Waals surface area contributed by atoms with Crippen molar-refractivity contribution in [3.63, 3.8) is 0 Å². The molecule has 3 heteroatoms. The van der Waals surface area contributed by atoms with Crippen LogP contribution < -0.4 is 5.73 Å². The quantitative estimate of drug-likeness (QED) is 0.577. The van der Waals surface area contributed by atoms with Gasteiger partial charge in [-0.25, -0.2) is 0 Å². The fraction of sp³-hybridized carbons (Fsp3) is 0.562. The molecule has 0 radical (unpaired) electrons. The number of aryl methyl sites for hydroxylation is 1. The predicted octanol–water partition coefficient (Wildman–Crippen LogP) is 3.27. The number of nitrogens with two attached hydrogens (primary N) is 1. The van der Waals surface area contributed by atoms with Crippen LogP contribution in [0.15, 0.2) is 18.2 Å². The molecule has 0 saturated heterocycles. The number of Topliss-reactive ketones (excluding diaryl/α,β-unsaturated/α-hetero) is 1. The summed E-state index contributed by atoms with van der Waals surface area (Å²) in [5.74, 6) is 0.184. The molecular weight excluding hydrogens is 236 g/mol. The van der Waals surface area contributed by atoms with Gasteiger partial charge in [-0.15, -0.1) is 0 Å². The molecule has 0 amide bonds. The Morgan fingerprint density at radius 1 is 1.16 bits per heavy atom. The second kappa shape index (κ2) is 7.95. The van der Waals surface area contributed by atoms with Gasteiger partial charge in [0.2, 0.25) is 0 Å². The molecule has 0 saturated carbocycles. The van der Waals surface area contributed by atoms with E-state index in [1.807, 2.05) is 19.1 Å². The molecule has 0 heterocycles. The number of nitrogen functional groups attached to an aromatic ring is 1. The topological polar surface area (TPSA) is 46.3 Å². The first-order valence-electron chi connectivity index (χ1n) is 7.20. The first-order valence-corrected chi connectivity index (χ1v) is 7.20. The van der Waals surface area contributed by atoms with Crippen LogP contribution in [-0.2, 0) is 0 Å². The number of hydrogen-bond donors (Lipinski definition) is 1. The largest absolute Gasteiger partial charge is 0.398 e. The van der Waals surface area contributed by atoms with Crippen molar-refractivity contribution in [1.29, 1.82) is 0 Å². The zero-order valence-electron chi connectivity index (χ0n) is 12.4. The van der Waals surface area contributed by atoms with Gasteiger partial charge in [0.1, 0.15) is 0 Å². The maximum absolute atomic E-state index is 12.1. The maximum Gasteiger partial charge on any atom is 0.164 e. The lowest BCUT2D eigenvalue weighted by molar-refractivity contribution is 0.0964. The number of ketones is 1. The van der Waals surface area contributed by atoms with Crippen molar-refractivity contribution in [3.8, 4) is 0 Å². The Labute approximate surface area is 116 Å². The van der Waals surface area contributed by atoms with Crippen LogP contribution in [0.4, 0.5) is 5.69 Å². The third-order valence-corrected chi connectivity index (χ3v) is 3.34. The molecule has 0 aliphatic heterocycles. The fourth-order valence-corrected chi connectivity index (χ4v) is 2.19. The Kier molecular flexibility index (Phi) is 6.57. The number of nitrogens with zero attached hydrogens (tertiary/aromatic N) is 1. The van der Waals surface area contributed by atoms with Crippen molar-refractivity contribution in [3.05, 3.63) is 29.3 Å². The number of anilines is 1. The number of carbonyl (C=O) groups excluding carboxylic acids is 1. The van der Waals surface area contributed by atoms with E-state index in [2.05, 4.69) is 18.7 Å². The second-order valence-corrected chi connectivity index (χ2v) is 5.09. The minimum atomic E-state index is 0.184. The Morgan fingerprint density at radius 3 is 2.32 bits per heavy atom. The van der Waals surface area contributed by atoms with Crippen LogP contribution in [0.25, 0.3) is 0 Å². The van der Waals surface area contributed by atoms with Crippen LogP contribution in [0.5, 0.6) is 0 Å². The molecule has 0 fully saturated rings.